The number of amides is 1. The van der Waals surface area contributed by atoms with Crippen LogP contribution in [0.15, 0.2) is 0 Å². The maximum absolute atomic E-state index is 12.5. The van der Waals surface area contributed by atoms with Crippen molar-refractivity contribution in [3.8, 4) is 0 Å². The number of hydrogen-bond donors (Lipinski definition) is 2. The zero-order chi connectivity index (χ0) is 13.0. The Morgan fingerprint density at radius 2 is 1.78 bits per heavy atom. The maximum Gasteiger partial charge on any atom is 0.226 e. The molecule has 2 N–H and O–H groups in total. The summed E-state index contributed by atoms with van der Waals surface area (Å²) in [6.45, 7) is 5.20. The highest BCUT2D eigenvalue weighted by molar-refractivity contribution is 5.83. The van der Waals surface area contributed by atoms with Gasteiger partial charge in [-0.15, -0.1) is 0 Å². The van der Waals surface area contributed by atoms with E-state index in [1.807, 2.05) is 0 Å². The first kappa shape index (κ1) is 12.5. The van der Waals surface area contributed by atoms with E-state index in [9.17, 15) is 4.79 Å². The molecule has 3 heteroatoms. The van der Waals surface area contributed by atoms with Gasteiger partial charge in [-0.3, -0.25) is 4.79 Å². The van der Waals surface area contributed by atoms with Gasteiger partial charge in [-0.05, 0) is 55.3 Å². The Morgan fingerprint density at radius 3 is 2.28 bits per heavy atom. The third-order valence-corrected chi connectivity index (χ3v) is 5.51. The molecule has 0 radical (unpaired) electrons. The molecule has 2 atom stereocenters. The molecule has 18 heavy (non-hydrogen) atoms. The van der Waals surface area contributed by atoms with E-state index < -0.39 is 0 Å². The van der Waals surface area contributed by atoms with Crippen LogP contribution in [0.25, 0.3) is 0 Å². The van der Waals surface area contributed by atoms with Crippen molar-refractivity contribution in [3.63, 3.8) is 0 Å². The van der Waals surface area contributed by atoms with E-state index in [0.29, 0.717) is 17.4 Å². The molecule has 3 nitrogen and oxygen atoms in total. The van der Waals surface area contributed by atoms with Crippen LogP contribution in [0.4, 0.5) is 0 Å². The van der Waals surface area contributed by atoms with Crippen LogP contribution in [0.1, 0.15) is 52.4 Å². The normalized spacial score (nSPS) is 49.4. The highest BCUT2D eigenvalue weighted by atomic mass is 16.3. The Balaban J connectivity index is 1.86. The van der Waals surface area contributed by atoms with Gasteiger partial charge in [0, 0.05) is 6.54 Å². The van der Waals surface area contributed by atoms with E-state index in [1.54, 1.807) is 0 Å². The van der Waals surface area contributed by atoms with Crippen molar-refractivity contribution < 1.29 is 9.90 Å². The first-order chi connectivity index (χ1) is 8.39. The predicted molar refractivity (Wildman–Crippen MR) is 69.9 cm³/mol. The van der Waals surface area contributed by atoms with Crippen molar-refractivity contribution in [1.82, 2.24) is 5.32 Å². The van der Waals surface area contributed by atoms with Crippen molar-refractivity contribution in [2.75, 3.05) is 13.2 Å². The summed E-state index contributed by atoms with van der Waals surface area (Å²) in [6.07, 6.45) is 7.13. The van der Waals surface area contributed by atoms with Crippen LogP contribution in [0.2, 0.25) is 0 Å². The zero-order valence-electron chi connectivity index (χ0n) is 11.6. The van der Waals surface area contributed by atoms with E-state index in [-0.39, 0.29) is 17.9 Å². The van der Waals surface area contributed by atoms with Crippen molar-refractivity contribution in [3.05, 3.63) is 0 Å². The standard InChI is InChI=1S/C15H25NO2/c1-13-5-11-6-14(2,8-13)10-15(7-11,9-13)12(18)16-3-4-17/h11,17H,3-10H2,1-2H3,(H,16,18). The lowest BCUT2D eigenvalue weighted by Gasteiger charge is -2.64. The lowest BCUT2D eigenvalue weighted by molar-refractivity contribution is -0.170. The third-order valence-electron chi connectivity index (χ3n) is 5.51. The molecule has 4 saturated carbocycles. The fraction of sp³-hybridized carbons (Fsp3) is 0.933. The molecule has 0 aromatic rings. The van der Waals surface area contributed by atoms with Crippen molar-refractivity contribution in [2.24, 2.45) is 22.2 Å². The summed E-state index contributed by atoms with van der Waals surface area (Å²) in [6, 6.07) is 0. The summed E-state index contributed by atoms with van der Waals surface area (Å²) in [5, 5.41) is 11.8. The number of hydrogen-bond acceptors (Lipinski definition) is 2. The number of rotatable bonds is 3. The Hall–Kier alpha value is -0.570. The van der Waals surface area contributed by atoms with Gasteiger partial charge >= 0.3 is 0 Å². The Kier molecular flexibility index (Phi) is 2.58. The van der Waals surface area contributed by atoms with Gasteiger partial charge in [-0.25, -0.2) is 0 Å². The van der Waals surface area contributed by atoms with Gasteiger partial charge in [-0.2, -0.15) is 0 Å². The molecule has 102 valence electrons. The van der Waals surface area contributed by atoms with Crippen LogP contribution in [0.3, 0.4) is 0 Å². The molecule has 2 unspecified atom stereocenters. The molecule has 0 saturated heterocycles. The van der Waals surface area contributed by atoms with E-state index in [2.05, 4.69) is 19.2 Å². The molecule has 1 amide bonds. The Morgan fingerprint density at radius 1 is 1.17 bits per heavy atom. The van der Waals surface area contributed by atoms with Gasteiger partial charge < -0.3 is 10.4 Å². The fourth-order valence-corrected chi connectivity index (χ4v) is 6.06. The summed E-state index contributed by atoms with van der Waals surface area (Å²) in [4.78, 5) is 12.5. The highest BCUT2D eigenvalue weighted by Crippen LogP contribution is 2.69. The summed E-state index contributed by atoms with van der Waals surface area (Å²) in [5.74, 6) is 0.953. The van der Waals surface area contributed by atoms with Gasteiger partial charge in [0.2, 0.25) is 5.91 Å². The predicted octanol–water partition coefficient (Wildman–Crippen LogP) is 2.09. The molecule has 4 fully saturated rings. The van der Waals surface area contributed by atoms with Crippen LogP contribution < -0.4 is 5.32 Å². The van der Waals surface area contributed by atoms with Crippen LogP contribution >= 0.6 is 0 Å². The summed E-state index contributed by atoms with van der Waals surface area (Å²) >= 11 is 0. The second-order valence-corrected chi connectivity index (χ2v) is 7.89. The monoisotopic (exact) mass is 251 g/mol. The summed E-state index contributed by atoms with van der Waals surface area (Å²) in [7, 11) is 0. The van der Waals surface area contributed by atoms with Gasteiger partial charge in [0.1, 0.15) is 0 Å². The second-order valence-electron chi connectivity index (χ2n) is 7.89. The first-order valence-corrected chi connectivity index (χ1v) is 7.28. The SMILES string of the molecule is CC12CC3CC(C)(C1)CC(C(=O)NCCO)(C3)C2. The van der Waals surface area contributed by atoms with Crippen molar-refractivity contribution in [1.29, 1.82) is 0 Å². The van der Waals surface area contributed by atoms with Crippen LogP contribution in [-0.2, 0) is 4.79 Å². The number of nitrogens with one attached hydrogen (secondary N) is 1. The lowest BCUT2D eigenvalue weighted by Crippen LogP contribution is -2.60. The van der Waals surface area contributed by atoms with Crippen molar-refractivity contribution >= 4 is 5.91 Å². The minimum Gasteiger partial charge on any atom is -0.395 e. The molecule has 4 bridgehead atoms. The zero-order valence-corrected chi connectivity index (χ0v) is 11.6. The Labute approximate surface area is 109 Å². The van der Waals surface area contributed by atoms with E-state index in [4.69, 9.17) is 5.11 Å². The molecular formula is C15H25NO2. The average molecular weight is 251 g/mol. The topological polar surface area (TPSA) is 49.3 Å². The highest BCUT2D eigenvalue weighted by Gasteiger charge is 2.62. The van der Waals surface area contributed by atoms with Crippen molar-refractivity contribution in [2.45, 2.75) is 52.4 Å². The minimum atomic E-state index is -0.127. The van der Waals surface area contributed by atoms with Crippen LogP contribution in [0.5, 0.6) is 0 Å². The average Bonchev–Trinajstić information content (AvgIpc) is 2.20. The lowest BCUT2D eigenvalue weighted by atomic mass is 9.40. The number of carbonyl (C=O) groups is 1. The van der Waals surface area contributed by atoms with E-state index in [0.717, 1.165) is 25.2 Å². The van der Waals surface area contributed by atoms with E-state index >= 15 is 0 Å². The fourth-order valence-electron chi connectivity index (χ4n) is 6.06. The number of carbonyl (C=O) groups excluding carboxylic acids is 1. The first-order valence-electron chi connectivity index (χ1n) is 7.28. The molecule has 4 rings (SSSR count). The van der Waals surface area contributed by atoms with Gasteiger partial charge in [0.15, 0.2) is 0 Å². The molecule has 4 aliphatic rings. The summed E-state index contributed by atoms with van der Waals surface area (Å²) in [5.41, 5.74) is 0.632. The van der Waals surface area contributed by atoms with Gasteiger partial charge in [0.05, 0.1) is 12.0 Å². The Bertz CT molecular complexity index is 361. The molecular weight excluding hydrogens is 226 g/mol. The smallest absolute Gasteiger partial charge is 0.226 e. The van der Waals surface area contributed by atoms with Crippen LogP contribution in [-0.4, -0.2) is 24.2 Å². The molecule has 0 spiro atoms. The molecule has 0 aliphatic heterocycles. The quantitative estimate of drug-likeness (QED) is 0.807. The third kappa shape index (κ3) is 1.78. The molecule has 4 aliphatic carbocycles. The number of aliphatic hydroxyl groups excluding tert-OH is 1. The van der Waals surface area contributed by atoms with E-state index in [1.165, 1.54) is 19.3 Å². The molecule has 0 heterocycles. The number of aliphatic hydroxyl groups is 1. The molecule has 0 aromatic carbocycles. The molecule has 0 aromatic heterocycles. The maximum atomic E-state index is 12.5. The minimum absolute atomic E-state index is 0.0415. The van der Waals surface area contributed by atoms with Crippen LogP contribution in [0, 0.1) is 22.2 Å². The summed E-state index contributed by atoms with van der Waals surface area (Å²) < 4.78 is 0. The largest absolute Gasteiger partial charge is 0.395 e. The van der Waals surface area contributed by atoms with Gasteiger partial charge in [-0.1, -0.05) is 13.8 Å². The van der Waals surface area contributed by atoms with Gasteiger partial charge in [0.25, 0.3) is 0 Å². The second kappa shape index (κ2) is 3.72.